The molecule has 88 valence electrons. The lowest BCUT2D eigenvalue weighted by Crippen LogP contribution is -2.48. The van der Waals surface area contributed by atoms with E-state index in [0.717, 1.165) is 12.8 Å². The lowest BCUT2D eigenvalue weighted by Gasteiger charge is -2.29. The molecule has 0 aromatic heterocycles. The molecule has 1 atom stereocenters. The Kier molecular flexibility index (Phi) is 4.84. The maximum atomic E-state index is 11.5. The first-order valence-corrected chi connectivity index (χ1v) is 5.32. The van der Waals surface area contributed by atoms with Gasteiger partial charge in [0.25, 0.3) is 0 Å². The van der Waals surface area contributed by atoms with Gasteiger partial charge in [0.15, 0.2) is 0 Å². The summed E-state index contributed by atoms with van der Waals surface area (Å²) in [6.07, 6.45) is 2.72. The number of carbonyl (C=O) groups excluding carboxylic acids is 1. The maximum absolute atomic E-state index is 11.5. The second kappa shape index (κ2) is 5.92. The fourth-order valence-electron chi connectivity index (χ4n) is 1.48. The van der Waals surface area contributed by atoms with Crippen molar-refractivity contribution in [2.24, 2.45) is 0 Å². The molecule has 2 N–H and O–H groups in total. The topological polar surface area (TPSA) is 61.8 Å². The van der Waals surface area contributed by atoms with Gasteiger partial charge in [0.1, 0.15) is 0 Å². The van der Waals surface area contributed by atoms with Crippen LogP contribution in [0.3, 0.4) is 0 Å². The Bertz CT molecular complexity index is 207. The molecule has 1 unspecified atom stereocenters. The monoisotopic (exact) mass is 216 g/mol. The predicted octanol–water partition coefficient (Wildman–Crippen LogP) is 0.188. The van der Waals surface area contributed by atoms with Crippen molar-refractivity contribution in [1.29, 1.82) is 0 Å². The van der Waals surface area contributed by atoms with Crippen LogP contribution in [0.5, 0.6) is 0 Å². The van der Waals surface area contributed by atoms with Gasteiger partial charge < -0.3 is 20.1 Å². The summed E-state index contributed by atoms with van der Waals surface area (Å²) in [5.74, 6) is 0. The minimum absolute atomic E-state index is 0.116. The highest BCUT2D eigenvalue weighted by atomic mass is 16.5. The van der Waals surface area contributed by atoms with E-state index < -0.39 is 6.10 Å². The molecule has 2 amide bonds. The first-order valence-electron chi connectivity index (χ1n) is 5.32. The average molecular weight is 216 g/mol. The number of amides is 2. The van der Waals surface area contributed by atoms with Gasteiger partial charge >= 0.3 is 6.03 Å². The Morgan fingerprint density at radius 3 is 2.80 bits per heavy atom. The number of nitrogens with zero attached hydrogens (tertiary/aromatic N) is 1. The van der Waals surface area contributed by atoms with Crippen LogP contribution in [0.2, 0.25) is 0 Å². The second-order valence-corrected chi connectivity index (χ2v) is 4.07. The van der Waals surface area contributed by atoms with Crippen LogP contribution in [0, 0.1) is 0 Å². The van der Waals surface area contributed by atoms with Crippen molar-refractivity contribution >= 4 is 6.03 Å². The Labute approximate surface area is 90.4 Å². The minimum Gasteiger partial charge on any atom is -0.389 e. The first kappa shape index (κ1) is 12.3. The van der Waals surface area contributed by atoms with Crippen molar-refractivity contribution in [3.05, 3.63) is 0 Å². The van der Waals surface area contributed by atoms with E-state index in [4.69, 9.17) is 4.74 Å². The Morgan fingerprint density at radius 2 is 2.33 bits per heavy atom. The quantitative estimate of drug-likeness (QED) is 0.689. The van der Waals surface area contributed by atoms with Crippen molar-refractivity contribution in [3.63, 3.8) is 0 Å². The molecule has 5 heteroatoms. The summed E-state index contributed by atoms with van der Waals surface area (Å²) in [5, 5.41) is 12.3. The van der Waals surface area contributed by atoms with Gasteiger partial charge in [-0.05, 0) is 19.3 Å². The zero-order valence-electron chi connectivity index (χ0n) is 9.40. The standard InChI is InChI=1S/C10H20N2O3/c1-12(6-9(13)7-15-2)10(14)11-8-4-3-5-8/h8-9,13H,3-7H2,1-2H3,(H,11,14). The van der Waals surface area contributed by atoms with E-state index in [2.05, 4.69) is 5.32 Å². The van der Waals surface area contributed by atoms with Crippen LogP contribution in [-0.4, -0.2) is 55.5 Å². The molecule has 15 heavy (non-hydrogen) atoms. The number of methoxy groups -OCH3 is 1. The highest BCUT2D eigenvalue weighted by Gasteiger charge is 2.21. The third-order valence-electron chi connectivity index (χ3n) is 2.62. The van der Waals surface area contributed by atoms with Gasteiger partial charge in [0, 0.05) is 20.2 Å². The summed E-state index contributed by atoms with van der Waals surface area (Å²) in [6, 6.07) is 0.217. The number of hydrogen-bond acceptors (Lipinski definition) is 3. The molecule has 1 rings (SSSR count). The highest BCUT2D eigenvalue weighted by Crippen LogP contribution is 2.18. The van der Waals surface area contributed by atoms with Crippen LogP contribution in [0.4, 0.5) is 4.79 Å². The normalized spacial score (nSPS) is 18.1. The van der Waals surface area contributed by atoms with Crippen molar-refractivity contribution in [1.82, 2.24) is 10.2 Å². The number of hydrogen-bond donors (Lipinski definition) is 2. The summed E-state index contributed by atoms with van der Waals surface area (Å²) in [5.41, 5.74) is 0. The summed E-state index contributed by atoms with van der Waals surface area (Å²) < 4.78 is 4.79. The van der Waals surface area contributed by atoms with Gasteiger partial charge in [-0.2, -0.15) is 0 Å². The van der Waals surface area contributed by atoms with E-state index in [9.17, 15) is 9.90 Å². The van der Waals surface area contributed by atoms with Crippen LogP contribution in [-0.2, 0) is 4.74 Å². The molecule has 0 heterocycles. The molecule has 1 saturated carbocycles. The van der Waals surface area contributed by atoms with E-state index in [1.165, 1.54) is 18.4 Å². The number of aliphatic hydroxyl groups is 1. The van der Waals surface area contributed by atoms with Gasteiger partial charge in [-0.3, -0.25) is 0 Å². The largest absolute Gasteiger partial charge is 0.389 e. The van der Waals surface area contributed by atoms with Gasteiger partial charge in [-0.1, -0.05) is 0 Å². The molecule has 0 radical (unpaired) electrons. The molecule has 0 aromatic rings. The van der Waals surface area contributed by atoms with Crippen molar-refractivity contribution in [3.8, 4) is 0 Å². The third-order valence-corrected chi connectivity index (χ3v) is 2.62. The number of aliphatic hydroxyl groups excluding tert-OH is 1. The van der Waals surface area contributed by atoms with Gasteiger partial charge in [0.05, 0.1) is 19.3 Å². The van der Waals surface area contributed by atoms with Crippen molar-refractivity contribution in [2.45, 2.75) is 31.4 Å². The number of ether oxygens (including phenoxy) is 1. The van der Waals surface area contributed by atoms with Crippen LogP contribution in [0.15, 0.2) is 0 Å². The van der Waals surface area contributed by atoms with E-state index in [1.54, 1.807) is 7.05 Å². The van der Waals surface area contributed by atoms with E-state index in [1.807, 2.05) is 0 Å². The SMILES string of the molecule is COCC(O)CN(C)C(=O)NC1CCC1. The van der Waals surface area contributed by atoms with E-state index in [0.29, 0.717) is 12.6 Å². The number of rotatable bonds is 5. The van der Waals surface area contributed by atoms with Crippen LogP contribution < -0.4 is 5.32 Å². The second-order valence-electron chi connectivity index (χ2n) is 4.07. The van der Waals surface area contributed by atoms with Gasteiger partial charge in [0.2, 0.25) is 0 Å². The highest BCUT2D eigenvalue weighted by molar-refractivity contribution is 5.74. The maximum Gasteiger partial charge on any atom is 0.317 e. The smallest absolute Gasteiger partial charge is 0.317 e. The van der Waals surface area contributed by atoms with Gasteiger partial charge in [-0.15, -0.1) is 0 Å². The summed E-state index contributed by atoms with van der Waals surface area (Å²) in [6.45, 7) is 0.549. The van der Waals surface area contributed by atoms with Crippen LogP contribution in [0.25, 0.3) is 0 Å². The minimum atomic E-state index is -0.618. The Hall–Kier alpha value is -0.810. The fraction of sp³-hybridized carbons (Fsp3) is 0.900. The molecular weight excluding hydrogens is 196 g/mol. The molecule has 0 bridgehead atoms. The Balaban J connectivity index is 2.19. The van der Waals surface area contributed by atoms with Gasteiger partial charge in [-0.25, -0.2) is 4.79 Å². The van der Waals surface area contributed by atoms with E-state index in [-0.39, 0.29) is 12.6 Å². The molecule has 0 aliphatic heterocycles. The molecule has 1 aliphatic rings. The predicted molar refractivity (Wildman–Crippen MR) is 56.7 cm³/mol. The number of carbonyl (C=O) groups is 1. The summed E-state index contributed by atoms with van der Waals surface area (Å²) >= 11 is 0. The molecule has 0 aromatic carbocycles. The van der Waals surface area contributed by atoms with Crippen LogP contribution in [0.1, 0.15) is 19.3 Å². The van der Waals surface area contributed by atoms with Crippen molar-refractivity contribution < 1.29 is 14.6 Å². The number of likely N-dealkylation sites (N-methyl/N-ethyl adjacent to an activating group) is 1. The van der Waals surface area contributed by atoms with Crippen molar-refractivity contribution in [2.75, 3.05) is 27.3 Å². The number of urea groups is 1. The summed E-state index contributed by atoms with van der Waals surface area (Å²) in [7, 11) is 3.20. The lowest BCUT2D eigenvalue weighted by atomic mass is 9.93. The van der Waals surface area contributed by atoms with E-state index >= 15 is 0 Å². The zero-order valence-corrected chi connectivity index (χ0v) is 9.40. The molecular formula is C10H20N2O3. The molecule has 1 aliphatic carbocycles. The third kappa shape index (κ3) is 4.05. The zero-order chi connectivity index (χ0) is 11.3. The molecule has 5 nitrogen and oxygen atoms in total. The summed E-state index contributed by atoms with van der Waals surface area (Å²) in [4.78, 5) is 13.0. The van der Waals surface area contributed by atoms with Crippen LogP contribution >= 0.6 is 0 Å². The fourth-order valence-corrected chi connectivity index (χ4v) is 1.48. The average Bonchev–Trinajstić information content (AvgIpc) is 2.11. The lowest BCUT2D eigenvalue weighted by molar-refractivity contribution is 0.0484. The number of nitrogens with one attached hydrogen (secondary N) is 1. The molecule has 1 fully saturated rings. The first-order chi connectivity index (χ1) is 7.13. The Morgan fingerprint density at radius 1 is 1.67 bits per heavy atom. The molecule has 0 spiro atoms. The molecule has 0 saturated heterocycles.